The minimum atomic E-state index is -4.10. The van der Waals surface area contributed by atoms with Crippen LogP contribution < -0.4 is 4.72 Å². The average molecular weight is 359 g/mol. The number of nitriles is 1. The second-order valence-corrected chi connectivity index (χ2v) is 6.80. The number of aromatic amines is 1. The summed E-state index contributed by atoms with van der Waals surface area (Å²) in [5, 5.41) is 8.73. The summed E-state index contributed by atoms with van der Waals surface area (Å²) in [5.41, 5.74) is 0.615. The van der Waals surface area contributed by atoms with Gasteiger partial charge in [-0.1, -0.05) is 12.1 Å². The van der Waals surface area contributed by atoms with Gasteiger partial charge in [-0.25, -0.2) is 17.2 Å². The molecular weight excluding hydrogens is 348 g/mol. The third kappa shape index (κ3) is 3.36. The molecule has 25 heavy (non-hydrogen) atoms. The molecule has 3 aromatic rings. The van der Waals surface area contributed by atoms with Gasteiger partial charge < -0.3 is 4.98 Å². The molecule has 2 N–H and O–H groups in total. The van der Waals surface area contributed by atoms with Crippen LogP contribution in [0.25, 0.3) is 11.1 Å². The molecule has 0 fully saturated rings. The van der Waals surface area contributed by atoms with Crippen molar-refractivity contribution in [1.29, 1.82) is 5.26 Å². The average Bonchev–Trinajstić information content (AvgIpc) is 3.08. The number of rotatable bonds is 4. The normalized spacial score (nSPS) is 11.1. The smallest absolute Gasteiger partial charge is 0.264 e. The third-order valence-corrected chi connectivity index (χ3v) is 4.90. The van der Waals surface area contributed by atoms with E-state index in [9.17, 15) is 17.2 Å². The quantitative estimate of drug-likeness (QED) is 0.746. The topological polar surface area (TPSA) is 85.8 Å². The van der Waals surface area contributed by atoms with Gasteiger partial charge in [0.1, 0.15) is 16.5 Å². The maximum absolute atomic E-state index is 13.9. The van der Waals surface area contributed by atoms with Gasteiger partial charge in [-0.3, -0.25) is 4.72 Å². The van der Waals surface area contributed by atoms with Crippen molar-refractivity contribution in [1.82, 2.24) is 4.98 Å². The lowest BCUT2D eigenvalue weighted by atomic mass is 10.1. The monoisotopic (exact) mass is 359 g/mol. The molecule has 0 aliphatic carbocycles. The molecule has 5 nitrogen and oxygen atoms in total. The molecule has 0 unspecified atom stereocenters. The van der Waals surface area contributed by atoms with Gasteiger partial charge in [0.2, 0.25) is 0 Å². The number of anilines is 1. The molecule has 0 spiro atoms. The molecule has 2 aromatic carbocycles. The van der Waals surface area contributed by atoms with E-state index in [2.05, 4.69) is 9.71 Å². The Kier molecular flexibility index (Phi) is 4.25. The molecule has 0 atom stereocenters. The van der Waals surface area contributed by atoms with Gasteiger partial charge in [-0.15, -0.1) is 0 Å². The van der Waals surface area contributed by atoms with E-state index in [1.54, 1.807) is 6.07 Å². The summed E-state index contributed by atoms with van der Waals surface area (Å²) in [4.78, 5) is 2.58. The van der Waals surface area contributed by atoms with Gasteiger partial charge in [-0.05, 0) is 35.9 Å². The van der Waals surface area contributed by atoms with Crippen molar-refractivity contribution in [3.8, 4) is 17.2 Å². The van der Waals surface area contributed by atoms with Crippen LogP contribution in [-0.2, 0) is 10.0 Å². The Morgan fingerprint density at radius 2 is 1.76 bits per heavy atom. The molecule has 0 radical (unpaired) electrons. The standard InChI is InChI=1S/C17H11F2N3O2S/c18-13-4-2-12(3-5-13)14-9-21-10-17(14)25(23,24)22-16-6-1-11(8-20)7-15(16)19/h1-7,9-10,21-22H. The highest BCUT2D eigenvalue weighted by atomic mass is 32.2. The SMILES string of the molecule is N#Cc1ccc(NS(=O)(=O)c2c[nH]cc2-c2ccc(F)cc2)c(F)c1. The van der Waals surface area contributed by atoms with Crippen molar-refractivity contribution in [2.45, 2.75) is 4.90 Å². The van der Waals surface area contributed by atoms with Crippen molar-refractivity contribution in [3.63, 3.8) is 0 Å². The predicted octanol–water partition coefficient (Wildman–Crippen LogP) is 3.63. The molecule has 0 aliphatic rings. The van der Waals surface area contributed by atoms with Crippen LogP contribution in [0.2, 0.25) is 0 Å². The van der Waals surface area contributed by atoms with Crippen LogP contribution >= 0.6 is 0 Å². The Bertz CT molecular complexity index is 1070. The zero-order valence-electron chi connectivity index (χ0n) is 12.6. The van der Waals surface area contributed by atoms with Gasteiger partial charge >= 0.3 is 0 Å². The molecular formula is C17H11F2N3O2S. The van der Waals surface area contributed by atoms with Gasteiger partial charge in [0.25, 0.3) is 10.0 Å². The first-order valence-corrected chi connectivity index (χ1v) is 8.54. The second kappa shape index (κ2) is 6.37. The number of benzene rings is 2. The molecule has 0 aliphatic heterocycles. The molecule has 0 bridgehead atoms. The molecule has 1 heterocycles. The van der Waals surface area contributed by atoms with Crippen molar-refractivity contribution in [3.05, 3.63) is 72.1 Å². The van der Waals surface area contributed by atoms with E-state index in [0.717, 1.165) is 6.07 Å². The molecule has 0 saturated carbocycles. The van der Waals surface area contributed by atoms with E-state index in [1.807, 2.05) is 0 Å². The summed E-state index contributed by atoms with van der Waals surface area (Å²) in [7, 11) is -4.10. The molecule has 3 rings (SSSR count). The number of hydrogen-bond acceptors (Lipinski definition) is 3. The number of aromatic nitrogens is 1. The summed E-state index contributed by atoms with van der Waals surface area (Å²) >= 11 is 0. The zero-order chi connectivity index (χ0) is 18.0. The van der Waals surface area contributed by atoms with Crippen LogP contribution in [0, 0.1) is 23.0 Å². The van der Waals surface area contributed by atoms with Crippen LogP contribution in [-0.4, -0.2) is 13.4 Å². The van der Waals surface area contributed by atoms with E-state index in [0.29, 0.717) is 11.1 Å². The maximum Gasteiger partial charge on any atom is 0.264 e. The van der Waals surface area contributed by atoms with Crippen molar-refractivity contribution in [2.75, 3.05) is 4.72 Å². The minimum Gasteiger partial charge on any atom is -0.366 e. The van der Waals surface area contributed by atoms with Gasteiger partial charge in [-0.2, -0.15) is 5.26 Å². The Hall–Kier alpha value is -3.18. The van der Waals surface area contributed by atoms with E-state index < -0.39 is 21.7 Å². The van der Waals surface area contributed by atoms with Gasteiger partial charge in [0, 0.05) is 18.0 Å². The highest BCUT2D eigenvalue weighted by molar-refractivity contribution is 7.92. The number of halogens is 2. The van der Waals surface area contributed by atoms with Crippen molar-refractivity contribution < 1.29 is 17.2 Å². The Balaban J connectivity index is 1.98. The lowest BCUT2D eigenvalue weighted by molar-refractivity contribution is 0.599. The fourth-order valence-electron chi connectivity index (χ4n) is 2.29. The summed E-state index contributed by atoms with van der Waals surface area (Å²) in [6, 6.07) is 10.5. The number of nitrogens with zero attached hydrogens (tertiary/aromatic N) is 1. The van der Waals surface area contributed by atoms with Crippen LogP contribution in [0.1, 0.15) is 5.56 Å². The van der Waals surface area contributed by atoms with Crippen LogP contribution in [0.15, 0.2) is 59.8 Å². The summed E-state index contributed by atoms with van der Waals surface area (Å²) < 4.78 is 54.3. The molecule has 8 heteroatoms. The van der Waals surface area contributed by atoms with Crippen LogP contribution in [0.5, 0.6) is 0 Å². The summed E-state index contributed by atoms with van der Waals surface area (Å²) in [6.07, 6.45) is 2.71. The van der Waals surface area contributed by atoms with Crippen LogP contribution in [0.3, 0.4) is 0 Å². The maximum atomic E-state index is 13.9. The van der Waals surface area contributed by atoms with Crippen molar-refractivity contribution in [2.24, 2.45) is 0 Å². The Morgan fingerprint density at radius 3 is 2.40 bits per heavy atom. The molecule has 1 aromatic heterocycles. The third-order valence-electron chi connectivity index (χ3n) is 3.49. The zero-order valence-corrected chi connectivity index (χ0v) is 13.4. The summed E-state index contributed by atoms with van der Waals surface area (Å²) in [5.74, 6) is -1.30. The first-order valence-electron chi connectivity index (χ1n) is 7.06. The number of sulfonamides is 1. The first kappa shape index (κ1) is 16.7. The molecule has 126 valence electrons. The van der Waals surface area contributed by atoms with E-state index in [4.69, 9.17) is 5.26 Å². The highest BCUT2D eigenvalue weighted by Gasteiger charge is 2.22. The summed E-state index contributed by atoms with van der Waals surface area (Å²) in [6.45, 7) is 0. The lowest BCUT2D eigenvalue weighted by Gasteiger charge is -2.10. The number of nitrogens with one attached hydrogen (secondary N) is 2. The highest BCUT2D eigenvalue weighted by Crippen LogP contribution is 2.29. The largest absolute Gasteiger partial charge is 0.366 e. The van der Waals surface area contributed by atoms with Gasteiger partial charge in [0.15, 0.2) is 0 Å². The van der Waals surface area contributed by atoms with E-state index >= 15 is 0 Å². The second-order valence-electron chi connectivity index (χ2n) is 5.15. The molecule has 0 amide bonds. The molecule has 0 saturated heterocycles. The number of hydrogen-bond donors (Lipinski definition) is 2. The number of H-pyrrole nitrogens is 1. The van der Waals surface area contributed by atoms with Crippen LogP contribution in [0.4, 0.5) is 14.5 Å². The van der Waals surface area contributed by atoms with E-state index in [-0.39, 0.29) is 16.1 Å². The lowest BCUT2D eigenvalue weighted by Crippen LogP contribution is -2.14. The Morgan fingerprint density at radius 1 is 1.04 bits per heavy atom. The predicted molar refractivity (Wildman–Crippen MR) is 88.1 cm³/mol. The van der Waals surface area contributed by atoms with Crippen molar-refractivity contribution >= 4 is 15.7 Å². The minimum absolute atomic E-state index is 0.0779. The van der Waals surface area contributed by atoms with Gasteiger partial charge in [0.05, 0.1) is 17.3 Å². The fourth-order valence-corrected chi connectivity index (χ4v) is 3.55. The van der Waals surface area contributed by atoms with E-state index in [1.165, 1.54) is 48.8 Å². The Labute approximate surface area is 142 Å². The fraction of sp³-hybridized carbons (Fsp3) is 0. The first-order chi connectivity index (χ1) is 11.9.